The molecule has 0 aromatic rings. The van der Waals surface area contributed by atoms with Gasteiger partial charge in [0, 0.05) is 12.2 Å². The van der Waals surface area contributed by atoms with Crippen LogP contribution in [0.2, 0.25) is 0 Å². The molecule has 0 aromatic heterocycles. The predicted octanol–water partition coefficient (Wildman–Crippen LogP) is -1.15. The minimum atomic E-state index is -1.15. The normalized spacial score (nSPS) is 21.2. The zero-order valence-corrected chi connectivity index (χ0v) is 10.6. The Morgan fingerprint density at radius 2 is 2.17 bits per heavy atom. The monoisotopic (exact) mass is 274 g/mol. The van der Waals surface area contributed by atoms with Gasteiger partial charge in [0.1, 0.15) is 11.8 Å². The molecule has 8 heteroatoms. The van der Waals surface area contributed by atoms with Crippen LogP contribution in [-0.2, 0) is 19.2 Å². The van der Waals surface area contributed by atoms with Crippen molar-refractivity contribution in [3.8, 4) is 0 Å². The lowest BCUT2D eigenvalue weighted by atomic mass is 10.3. The number of rotatable bonds is 6. The summed E-state index contributed by atoms with van der Waals surface area (Å²) in [5, 5.41) is 7.96. The zero-order chi connectivity index (χ0) is 13.9. The number of aliphatic carboxylic acids is 1. The van der Waals surface area contributed by atoms with Crippen LogP contribution in [0.3, 0.4) is 0 Å². The Hall–Kier alpha value is -1.41. The third-order valence-electron chi connectivity index (χ3n) is 2.38. The maximum Gasteiger partial charge on any atom is 0.321 e. The number of carboxylic acids is 1. The van der Waals surface area contributed by atoms with E-state index < -0.39 is 29.1 Å². The van der Waals surface area contributed by atoms with Crippen molar-refractivity contribution in [1.82, 2.24) is 4.90 Å². The molecule has 0 spiro atoms. The number of Topliss-reactive ketones (excluding diaryl/α,β-unsaturated/α-hetero) is 1. The average molecular weight is 274 g/mol. The van der Waals surface area contributed by atoms with Crippen molar-refractivity contribution in [2.24, 2.45) is 5.73 Å². The first-order valence-corrected chi connectivity index (χ1v) is 6.31. The van der Waals surface area contributed by atoms with Gasteiger partial charge in [-0.05, 0) is 6.92 Å². The Morgan fingerprint density at radius 3 is 2.67 bits per heavy atom. The van der Waals surface area contributed by atoms with E-state index in [1.807, 2.05) is 0 Å². The van der Waals surface area contributed by atoms with E-state index >= 15 is 0 Å². The van der Waals surface area contributed by atoms with Gasteiger partial charge in [-0.15, -0.1) is 11.8 Å². The van der Waals surface area contributed by atoms with E-state index in [0.717, 1.165) is 16.7 Å². The van der Waals surface area contributed by atoms with Crippen LogP contribution in [0, 0.1) is 0 Å². The summed E-state index contributed by atoms with van der Waals surface area (Å²) in [6.07, 6.45) is -0.0108. The van der Waals surface area contributed by atoms with Gasteiger partial charge in [0.15, 0.2) is 0 Å². The minimum absolute atomic E-state index is 0.0108. The highest BCUT2D eigenvalue weighted by molar-refractivity contribution is 8.00. The largest absolute Gasteiger partial charge is 0.480 e. The second-order valence-electron chi connectivity index (χ2n) is 3.99. The van der Waals surface area contributed by atoms with Gasteiger partial charge >= 0.3 is 5.97 Å². The first-order chi connectivity index (χ1) is 8.32. The molecular weight excluding hydrogens is 260 g/mol. The third kappa shape index (κ3) is 3.54. The number of carboxylic acid groups (broad SMARTS) is 1. The van der Waals surface area contributed by atoms with Gasteiger partial charge in [-0.1, -0.05) is 0 Å². The summed E-state index contributed by atoms with van der Waals surface area (Å²) < 4.78 is 0. The van der Waals surface area contributed by atoms with Crippen LogP contribution in [0.15, 0.2) is 0 Å². The fourth-order valence-corrected chi connectivity index (χ4v) is 2.58. The number of carbonyl (C=O) groups excluding carboxylic acids is 3. The summed E-state index contributed by atoms with van der Waals surface area (Å²) in [6, 6.07) is -1.07. The quantitative estimate of drug-likeness (QED) is 0.587. The lowest BCUT2D eigenvalue weighted by Crippen LogP contribution is -2.36. The molecule has 1 aliphatic heterocycles. The van der Waals surface area contributed by atoms with Crippen molar-refractivity contribution in [2.45, 2.75) is 24.6 Å². The van der Waals surface area contributed by atoms with E-state index in [2.05, 4.69) is 0 Å². The molecule has 2 atom stereocenters. The molecule has 18 heavy (non-hydrogen) atoms. The summed E-state index contributed by atoms with van der Waals surface area (Å²) >= 11 is 1.03. The molecule has 1 heterocycles. The summed E-state index contributed by atoms with van der Waals surface area (Å²) in [5.41, 5.74) is 5.31. The maximum absolute atomic E-state index is 11.8. The molecule has 3 N–H and O–H groups in total. The predicted molar refractivity (Wildman–Crippen MR) is 63.9 cm³/mol. The molecule has 1 aliphatic rings. The molecule has 1 rings (SSSR count). The Balaban J connectivity index is 2.55. The number of nitrogens with two attached hydrogens (primary N) is 1. The maximum atomic E-state index is 11.8. The number of nitrogens with zero attached hydrogens (tertiary/aromatic N) is 1. The molecular formula is C10H14N2O5S. The van der Waals surface area contributed by atoms with Crippen molar-refractivity contribution >= 4 is 35.3 Å². The molecule has 1 saturated heterocycles. The van der Waals surface area contributed by atoms with E-state index in [1.54, 1.807) is 0 Å². The molecule has 0 bridgehead atoms. The van der Waals surface area contributed by atoms with Gasteiger partial charge in [0.25, 0.3) is 0 Å². The standard InChI is InChI=1S/C10H14N2O5S/c1-5(13)3-12-8(14)2-7(9(12)15)18-4-6(11)10(16)17/h6-7H,2-4,11H2,1H3,(H,16,17)/t6-,7?/m0/s1. The van der Waals surface area contributed by atoms with Gasteiger partial charge in [0.2, 0.25) is 11.8 Å². The molecule has 0 radical (unpaired) electrons. The van der Waals surface area contributed by atoms with Crippen molar-refractivity contribution in [1.29, 1.82) is 0 Å². The summed E-state index contributed by atoms with van der Waals surface area (Å²) in [6.45, 7) is 1.07. The average Bonchev–Trinajstić information content (AvgIpc) is 2.53. The molecule has 100 valence electrons. The van der Waals surface area contributed by atoms with Crippen LogP contribution in [0.4, 0.5) is 0 Å². The van der Waals surface area contributed by atoms with E-state index in [0.29, 0.717) is 0 Å². The fraction of sp³-hybridized carbons (Fsp3) is 0.600. The first kappa shape index (κ1) is 14.7. The number of hydrogen-bond acceptors (Lipinski definition) is 6. The third-order valence-corrected chi connectivity index (χ3v) is 3.70. The van der Waals surface area contributed by atoms with Gasteiger partial charge < -0.3 is 10.8 Å². The Bertz CT molecular complexity index is 398. The number of hydrogen-bond donors (Lipinski definition) is 2. The van der Waals surface area contributed by atoms with Gasteiger partial charge in [-0.2, -0.15) is 0 Å². The highest BCUT2D eigenvalue weighted by Crippen LogP contribution is 2.25. The summed E-state index contributed by atoms with van der Waals surface area (Å²) in [7, 11) is 0. The van der Waals surface area contributed by atoms with Crippen LogP contribution in [-0.4, -0.2) is 57.2 Å². The Labute approximate surface area is 108 Å². The lowest BCUT2D eigenvalue weighted by molar-refractivity contribution is -0.141. The molecule has 1 fully saturated rings. The molecule has 0 aliphatic carbocycles. The van der Waals surface area contributed by atoms with Gasteiger partial charge in [0.05, 0.1) is 11.8 Å². The van der Waals surface area contributed by atoms with E-state index in [9.17, 15) is 19.2 Å². The van der Waals surface area contributed by atoms with E-state index in [4.69, 9.17) is 10.8 Å². The number of carbonyl (C=O) groups is 4. The van der Waals surface area contributed by atoms with Crippen molar-refractivity contribution in [2.75, 3.05) is 12.3 Å². The second-order valence-corrected chi connectivity index (χ2v) is 5.23. The van der Waals surface area contributed by atoms with Crippen LogP contribution in [0.1, 0.15) is 13.3 Å². The lowest BCUT2D eigenvalue weighted by Gasteiger charge is -2.13. The molecule has 1 unspecified atom stereocenters. The number of likely N-dealkylation sites (tertiary alicyclic amines) is 1. The molecule has 0 saturated carbocycles. The molecule has 0 aromatic carbocycles. The first-order valence-electron chi connectivity index (χ1n) is 5.26. The Morgan fingerprint density at radius 1 is 1.56 bits per heavy atom. The molecule has 7 nitrogen and oxygen atoms in total. The summed E-state index contributed by atoms with van der Waals surface area (Å²) in [4.78, 5) is 45.6. The number of thioether (sulfide) groups is 1. The zero-order valence-electron chi connectivity index (χ0n) is 9.79. The van der Waals surface area contributed by atoms with Crippen LogP contribution >= 0.6 is 11.8 Å². The highest BCUT2D eigenvalue weighted by atomic mass is 32.2. The van der Waals surface area contributed by atoms with E-state index in [-0.39, 0.29) is 24.5 Å². The topological polar surface area (TPSA) is 118 Å². The second kappa shape index (κ2) is 5.96. The fourth-order valence-electron chi connectivity index (χ4n) is 1.46. The Kier molecular flexibility index (Phi) is 4.85. The van der Waals surface area contributed by atoms with Crippen LogP contribution in [0.25, 0.3) is 0 Å². The van der Waals surface area contributed by atoms with Gasteiger partial charge in [-0.3, -0.25) is 24.1 Å². The van der Waals surface area contributed by atoms with Crippen LogP contribution < -0.4 is 5.73 Å². The van der Waals surface area contributed by atoms with Gasteiger partial charge in [-0.25, -0.2) is 0 Å². The number of ketones is 1. The van der Waals surface area contributed by atoms with Crippen molar-refractivity contribution in [3.05, 3.63) is 0 Å². The van der Waals surface area contributed by atoms with Crippen molar-refractivity contribution < 1.29 is 24.3 Å². The minimum Gasteiger partial charge on any atom is -0.480 e. The highest BCUT2D eigenvalue weighted by Gasteiger charge is 2.39. The summed E-state index contributed by atoms with van der Waals surface area (Å²) in [5.74, 6) is -2.23. The van der Waals surface area contributed by atoms with Crippen LogP contribution in [0.5, 0.6) is 0 Å². The SMILES string of the molecule is CC(=O)CN1C(=O)CC(SC[C@H](N)C(=O)O)C1=O. The smallest absolute Gasteiger partial charge is 0.321 e. The van der Waals surface area contributed by atoms with Crippen molar-refractivity contribution in [3.63, 3.8) is 0 Å². The molecule has 2 amide bonds. The number of amides is 2. The van der Waals surface area contributed by atoms with E-state index in [1.165, 1.54) is 6.92 Å². The number of imide groups is 1.